The number of allylic oxidation sites excluding steroid dienone is 3. The molecule has 1 saturated heterocycles. The number of nitrogens with zero attached hydrogens (tertiary/aromatic N) is 2. The number of nitro groups is 1. The van der Waals surface area contributed by atoms with Crippen LogP contribution in [0.5, 0.6) is 0 Å². The van der Waals surface area contributed by atoms with Crippen molar-refractivity contribution in [1.82, 2.24) is 10.2 Å². The molecular weight excluding hydrogens is 274 g/mol. The fourth-order valence-electron chi connectivity index (χ4n) is 3.04. The Morgan fingerprint density at radius 1 is 1.55 bits per heavy atom. The number of fused-ring (bicyclic) bond motifs is 3. The summed E-state index contributed by atoms with van der Waals surface area (Å²) in [4.78, 5) is 15.6. The van der Waals surface area contributed by atoms with Crippen molar-refractivity contribution in [1.29, 1.82) is 0 Å². The van der Waals surface area contributed by atoms with Crippen LogP contribution in [0.1, 0.15) is 6.42 Å². The van der Waals surface area contributed by atoms with Gasteiger partial charge in [0.2, 0.25) is 5.70 Å². The van der Waals surface area contributed by atoms with Crippen LogP contribution in [0, 0.1) is 16.0 Å². The van der Waals surface area contributed by atoms with Crippen LogP contribution in [0.3, 0.4) is 0 Å². The van der Waals surface area contributed by atoms with Crippen molar-refractivity contribution in [3.05, 3.63) is 56.6 Å². The summed E-state index contributed by atoms with van der Waals surface area (Å²) in [6, 6.07) is 0.239. The Kier molecular flexibility index (Phi) is 3.67. The van der Waals surface area contributed by atoms with Crippen molar-refractivity contribution in [3.8, 4) is 0 Å². The smallest absolute Gasteiger partial charge is 0.246 e. The van der Waals surface area contributed by atoms with E-state index in [1.807, 2.05) is 12.2 Å². The lowest BCUT2D eigenvalue weighted by molar-refractivity contribution is -0.429. The maximum absolute atomic E-state index is 11.0. The molecule has 2 aliphatic heterocycles. The Balaban J connectivity index is 1.91. The van der Waals surface area contributed by atoms with Crippen molar-refractivity contribution < 1.29 is 4.92 Å². The second kappa shape index (κ2) is 5.46. The van der Waals surface area contributed by atoms with E-state index in [2.05, 4.69) is 23.0 Å². The Bertz CT molecular complexity index is 539. The zero-order valence-electron chi connectivity index (χ0n) is 11.1. The highest BCUT2D eigenvalue weighted by Crippen LogP contribution is 2.51. The number of nitrogens with one attached hydrogen (secondary N) is 1. The predicted molar refractivity (Wildman–Crippen MR) is 80.5 cm³/mol. The van der Waals surface area contributed by atoms with Crippen molar-refractivity contribution in [2.24, 2.45) is 5.92 Å². The van der Waals surface area contributed by atoms with E-state index in [4.69, 9.17) is 0 Å². The van der Waals surface area contributed by atoms with Crippen LogP contribution in [0.15, 0.2) is 46.5 Å². The summed E-state index contributed by atoms with van der Waals surface area (Å²) in [7, 11) is 0. The van der Waals surface area contributed by atoms with Crippen LogP contribution in [-0.2, 0) is 0 Å². The molecule has 0 spiro atoms. The van der Waals surface area contributed by atoms with Gasteiger partial charge in [0.25, 0.3) is 0 Å². The molecule has 2 heterocycles. The van der Waals surface area contributed by atoms with Crippen molar-refractivity contribution in [3.63, 3.8) is 0 Å². The van der Waals surface area contributed by atoms with Crippen molar-refractivity contribution >= 4 is 11.8 Å². The lowest BCUT2D eigenvalue weighted by atomic mass is 9.89. The predicted octanol–water partition coefficient (Wildman–Crippen LogP) is 2.10. The maximum Gasteiger partial charge on any atom is 0.246 e. The summed E-state index contributed by atoms with van der Waals surface area (Å²) in [6.07, 6.45) is 8.06. The van der Waals surface area contributed by atoms with Gasteiger partial charge in [-0.1, -0.05) is 17.8 Å². The van der Waals surface area contributed by atoms with Crippen LogP contribution < -0.4 is 5.32 Å². The first kappa shape index (κ1) is 13.5. The first-order chi connectivity index (χ1) is 9.70. The van der Waals surface area contributed by atoms with Gasteiger partial charge in [-0.05, 0) is 11.0 Å². The average Bonchev–Trinajstić information content (AvgIpc) is 2.68. The van der Waals surface area contributed by atoms with Gasteiger partial charge in [0.05, 0.1) is 11.0 Å². The molecule has 3 aliphatic rings. The van der Waals surface area contributed by atoms with E-state index < -0.39 is 0 Å². The van der Waals surface area contributed by atoms with E-state index in [1.54, 1.807) is 17.8 Å². The number of thioether (sulfide) groups is 1. The monoisotopic (exact) mass is 291 g/mol. The standard InChI is InChI=1S/C14H17N3O2S/c1-2-6-16-7-5-15-9-13-14(16)11-8-10(17(18)19)3-4-12(11)20-13/h2-4,9,11,14-15H,1,5-8H2. The molecule has 3 rings (SSSR count). The highest BCUT2D eigenvalue weighted by Gasteiger charge is 2.43. The topological polar surface area (TPSA) is 58.4 Å². The van der Waals surface area contributed by atoms with Crippen LogP contribution in [0.25, 0.3) is 0 Å². The van der Waals surface area contributed by atoms with Crippen molar-refractivity contribution in [2.75, 3.05) is 19.6 Å². The summed E-state index contributed by atoms with van der Waals surface area (Å²) < 4.78 is 0. The Morgan fingerprint density at radius 3 is 3.15 bits per heavy atom. The van der Waals surface area contributed by atoms with Gasteiger partial charge in [0.15, 0.2) is 0 Å². The molecule has 0 saturated carbocycles. The second-order valence-corrected chi connectivity index (χ2v) is 6.27. The third-order valence-electron chi connectivity index (χ3n) is 3.92. The molecule has 1 aliphatic carbocycles. The highest BCUT2D eigenvalue weighted by molar-refractivity contribution is 8.07. The summed E-state index contributed by atoms with van der Waals surface area (Å²) in [6.45, 7) is 6.47. The minimum atomic E-state index is -0.257. The molecule has 1 N–H and O–H groups in total. The molecule has 0 aromatic rings. The number of hydrogen-bond acceptors (Lipinski definition) is 5. The fraction of sp³-hybridized carbons (Fsp3) is 0.429. The zero-order valence-corrected chi connectivity index (χ0v) is 11.9. The molecule has 1 fully saturated rings. The van der Waals surface area contributed by atoms with Gasteiger partial charge in [0, 0.05) is 49.2 Å². The average molecular weight is 291 g/mol. The van der Waals surface area contributed by atoms with Gasteiger partial charge < -0.3 is 5.32 Å². The fourth-order valence-corrected chi connectivity index (χ4v) is 4.39. The largest absolute Gasteiger partial charge is 0.389 e. The molecule has 106 valence electrons. The molecule has 2 unspecified atom stereocenters. The Labute approximate surface area is 122 Å². The Hall–Kier alpha value is -1.53. The molecule has 0 radical (unpaired) electrons. The molecule has 20 heavy (non-hydrogen) atoms. The highest BCUT2D eigenvalue weighted by atomic mass is 32.2. The first-order valence-corrected chi connectivity index (χ1v) is 7.53. The Morgan fingerprint density at radius 2 is 2.40 bits per heavy atom. The van der Waals surface area contributed by atoms with Gasteiger partial charge in [-0.3, -0.25) is 15.0 Å². The van der Waals surface area contributed by atoms with Gasteiger partial charge in [-0.2, -0.15) is 0 Å². The SMILES string of the molecule is C=CCN1CCNC=C2SC3=CC=C([N+](=O)[O-])CC3C21. The number of hydrogen-bond donors (Lipinski definition) is 1. The summed E-state index contributed by atoms with van der Waals surface area (Å²) in [5, 5.41) is 14.3. The summed E-state index contributed by atoms with van der Waals surface area (Å²) >= 11 is 1.75. The lowest BCUT2D eigenvalue weighted by Gasteiger charge is -2.31. The quantitative estimate of drug-likeness (QED) is 0.490. The molecule has 6 heteroatoms. The molecule has 0 aromatic carbocycles. The minimum absolute atomic E-state index is 0.205. The molecule has 2 atom stereocenters. The summed E-state index contributed by atoms with van der Waals surface area (Å²) in [5.41, 5.74) is 0.316. The third-order valence-corrected chi connectivity index (χ3v) is 5.19. The van der Waals surface area contributed by atoms with Gasteiger partial charge in [0.1, 0.15) is 0 Å². The van der Waals surface area contributed by atoms with E-state index >= 15 is 0 Å². The van der Waals surface area contributed by atoms with E-state index in [0.29, 0.717) is 12.1 Å². The molecule has 0 bridgehead atoms. The second-order valence-electron chi connectivity index (χ2n) is 5.13. The van der Waals surface area contributed by atoms with E-state index in [-0.39, 0.29) is 16.9 Å². The van der Waals surface area contributed by atoms with Crippen LogP contribution in [-0.4, -0.2) is 35.5 Å². The molecule has 5 nitrogen and oxygen atoms in total. The molecule has 0 aromatic heterocycles. The molecular formula is C14H17N3O2S. The lowest BCUT2D eigenvalue weighted by Crippen LogP contribution is -2.41. The third kappa shape index (κ3) is 2.29. The van der Waals surface area contributed by atoms with E-state index in [9.17, 15) is 10.1 Å². The van der Waals surface area contributed by atoms with Crippen molar-refractivity contribution in [2.45, 2.75) is 12.5 Å². The first-order valence-electron chi connectivity index (χ1n) is 6.72. The van der Waals surface area contributed by atoms with Crippen LogP contribution in [0.4, 0.5) is 0 Å². The van der Waals surface area contributed by atoms with Gasteiger partial charge >= 0.3 is 0 Å². The summed E-state index contributed by atoms with van der Waals surface area (Å²) in [5.74, 6) is 0.205. The molecule has 0 amide bonds. The van der Waals surface area contributed by atoms with Crippen LogP contribution in [0.2, 0.25) is 0 Å². The van der Waals surface area contributed by atoms with Crippen LogP contribution >= 0.6 is 11.8 Å². The van der Waals surface area contributed by atoms with Gasteiger partial charge in [-0.15, -0.1) is 6.58 Å². The van der Waals surface area contributed by atoms with E-state index in [0.717, 1.165) is 19.6 Å². The normalized spacial score (nSPS) is 29.1. The maximum atomic E-state index is 11.0. The minimum Gasteiger partial charge on any atom is -0.389 e. The van der Waals surface area contributed by atoms with Gasteiger partial charge in [-0.25, -0.2) is 0 Å². The van der Waals surface area contributed by atoms with E-state index in [1.165, 1.54) is 9.81 Å². The zero-order chi connectivity index (χ0) is 14.1. The number of rotatable bonds is 3.